The van der Waals surface area contributed by atoms with Crippen LogP contribution in [0.5, 0.6) is 11.5 Å². The van der Waals surface area contributed by atoms with Gasteiger partial charge in [0.25, 0.3) is 5.91 Å². The lowest BCUT2D eigenvalue weighted by Gasteiger charge is -2.22. The molecule has 0 unspecified atom stereocenters. The van der Waals surface area contributed by atoms with Crippen molar-refractivity contribution >= 4 is 11.8 Å². The van der Waals surface area contributed by atoms with Crippen molar-refractivity contribution in [3.8, 4) is 11.5 Å². The smallest absolute Gasteiger partial charge is 0.254 e. The minimum Gasteiger partial charge on any atom is -0.493 e. The molecule has 160 valence electrons. The second kappa shape index (κ2) is 10.5. The first-order valence-corrected chi connectivity index (χ1v) is 10.7. The molecule has 0 aromatic heterocycles. The van der Waals surface area contributed by atoms with E-state index in [1.54, 1.807) is 13.2 Å². The molecule has 1 heterocycles. The normalized spacial score (nSPS) is 18.3. The largest absolute Gasteiger partial charge is 0.493 e. The number of nitrogens with zero attached hydrogens (tertiary/aromatic N) is 2. The number of methoxy groups -OCH3 is 1. The standard InChI is InChI=1S/C22H33N3O4/c1-3-23-21(26)16-24-11-6-12-25(14-13-24)22(27)17-9-10-19(20(15-17)28-2)29-18-7-4-5-8-18/h9-10,15,18H,3-8,11-14,16H2,1-2H3,(H,23,26). The Morgan fingerprint density at radius 2 is 1.86 bits per heavy atom. The Kier molecular flexibility index (Phi) is 7.75. The summed E-state index contributed by atoms with van der Waals surface area (Å²) in [6.07, 6.45) is 5.65. The minimum atomic E-state index is -0.00410. The number of nitrogens with one attached hydrogen (secondary N) is 1. The van der Waals surface area contributed by atoms with Gasteiger partial charge in [-0.05, 0) is 57.2 Å². The fourth-order valence-corrected chi connectivity index (χ4v) is 4.05. The maximum absolute atomic E-state index is 13.0. The molecule has 1 aromatic carbocycles. The molecule has 0 radical (unpaired) electrons. The van der Waals surface area contributed by atoms with Gasteiger partial charge in [0.2, 0.25) is 5.91 Å². The van der Waals surface area contributed by atoms with Crippen molar-refractivity contribution in [3.63, 3.8) is 0 Å². The molecule has 1 aliphatic heterocycles. The Bertz CT molecular complexity index is 703. The van der Waals surface area contributed by atoms with Gasteiger partial charge < -0.3 is 19.7 Å². The van der Waals surface area contributed by atoms with Crippen LogP contribution in [0.15, 0.2) is 18.2 Å². The predicted molar refractivity (Wildman–Crippen MR) is 112 cm³/mol. The summed E-state index contributed by atoms with van der Waals surface area (Å²) in [7, 11) is 1.61. The highest BCUT2D eigenvalue weighted by Crippen LogP contribution is 2.32. The average molecular weight is 404 g/mol. The van der Waals surface area contributed by atoms with E-state index in [4.69, 9.17) is 9.47 Å². The zero-order valence-electron chi connectivity index (χ0n) is 17.6. The van der Waals surface area contributed by atoms with Crippen LogP contribution in [0.2, 0.25) is 0 Å². The van der Waals surface area contributed by atoms with Gasteiger partial charge in [-0.2, -0.15) is 0 Å². The highest BCUT2D eigenvalue weighted by molar-refractivity contribution is 5.95. The highest BCUT2D eigenvalue weighted by atomic mass is 16.5. The number of benzene rings is 1. The van der Waals surface area contributed by atoms with E-state index in [2.05, 4.69) is 10.2 Å². The van der Waals surface area contributed by atoms with Crippen LogP contribution in [-0.2, 0) is 4.79 Å². The van der Waals surface area contributed by atoms with Crippen LogP contribution in [0, 0.1) is 0 Å². The second-order valence-corrected chi connectivity index (χ2v) is 7.77. The Morgan fingerprint density at radius 3 is 2.59 bits per heavy atom. The van der Waals surface area contributed by atoms with E-state index >= 15 is 0 Å². The molecule has 1 aromatic rings. The zero-order valence-corrected chi connectivity index (χ0v) is 17.6. The van der Waals surface area contributed by atoms with E-state index in [9.17, 15) is 9.59 Å². The molecular weight excluding hydrogens is 370 g/mol. The molecule has 1 saturated carbocycles. The molecule has 0 spiro atoms. The Morgan fingerprint density at radius 1 is 1.07 bits per heavy atom. The lowest BCUT2D eigenvalue weighted by molar-refractivity contribution is -0.122. The van der Waals surface area contributed by atoms with Crippen molar-refractivity contribution in [1.29, 1.82) is 0 Å². The van der Waals surface area contributed by atoms with Crippen LogP contribution >= 0.6 is 0 Å². The molecular formula is C22H33N3O4. The first kappa shape index (κ1) is 21.4. The third kappa shape index (κ3) is 5.85. The van der Waals surface area contributed by atoms with Gasteiger partial charge >= 0.3 is 0 Å². The quantitative estimate of drug-likeness (QED) is 0.756. The molecule has 2 fully saturated rings. The lowest BCUT2D eigenvalue weighted by atomic mass is 10.1. The molecule has 0 bridgehead atoms. The number of hydrogen-bond donors (Lipinski definition) is 1. The summed E-state index contributed by atoms with van der Waals surface area (Å²) in [5.41, 5.74) is 0.609. The topological polar surface area (TPSA) is 71.1 Å². The van der Waals surface area contributed by atoms with E-state index < -0.39 is 0 Å². The summed E-state index contributed by atoms with van der Waals surface area (Å²) in [4.78, 5) is 28.8. The molecule has 0 atom stereocenters. The third-order valence-electron chi connectivity index (χ3n) is 5.62. The van der Waals surface area contributed by atoms with Crippen LogP contribution in [0.4, 0.5) is 0 Å². The minimum absolute atomic E-state index is 0.00410. The summed E-state index contributed by atoms with van der Waals surface area (Å²) >= 11 is 0. The first-order valence-electron chi connectivity index (χ1n) is 10.7. The van der Waals surface area contributed by atoms with Gasteiger partial charge in [-0.1, -0.05) is 0 Å². The fraction of sp³-hybridized carbons (Fsp3) is 0.636. The third-order valence-corrected chi connectivity index (χ3v) is 5.62. The number of hydrogen-bond acceptors (Lipinski definition) is 5. The number of rotatable bonds is 7. The van der Waals surface area contributed by atoms with Crippen molar-refractivity contribution in [1.82, 2.24) is 15.1 Å². The predicted octanol–water partition coefficient (Wildman–Crippen LogP) is 2.30. The molecule has 7 heteroatoms. The van der Waals surface area contributed by atoms with Crippen molar-refractivity contribution in [2.45, 2.75) is 45.1 Å². The fourth-order valence-electron chi connectivity index (χ4n) is 4.05. The Labute approximate surface area is 173 Å². The van der Waals surface area contributed by atoms with E-state index in [0.29, 0.717) is 49.8 Å². The molecule has 29 heavy (non-hydrogen) atoms. The molecule has 1 saturated heterocycles. The zero-order chi connectivity index (χ0) is 20.6. The van der Waals surface area contributed by atoms with Crippen molar-refractivity contribution in [2.75, 3.05) is 46.4 Å². The van der Waals surface area contributed by atoms with Crippen LogP contribution in [0.3, 0.4) is 0 Å². The maximum atomic E-state index is 13.0. The Hall–Kier alpha value is -2.28. The first-order chi connectivity index (χ1) is 14.1. The number of carbonyl (C=O) groups is 2. The van der Waals surface area contributed by atoms with Crippen molar-refractivity contribution in [2.24, 2.45) is 0 Å². The molecule has 2 amide bonds. The van der Waals surface area contributed by atoms with Crippen LogP contribution in [-0.4, -0.2) is 74.1 Å². The number of carbonyl (C=O) groups excluding carboxylic acids is 2. The molecule has 7 nitrogen and oxygen atoms in total. The summed E-state index contributed by atoms with van der Waals surface area (Å²) < 4.78 is 11.6. The van der Waals surface area contributed by atoms with E-state index in [0.717, 1.165) is 25.8 Å². The SMILES string of the molecule is CCNC(=O)CN1CCCN(C(=O)c2ccc(OC3CCCC3)c(OC)c2)CC1. The summed E-state index contributed by atoms with van der Waals surface area (Å²) in [5, 5.41) is 2.83. The van der Waals surface area contributed by atoms with Gasteiger partial charge in [-0.3, -0.25) is 14.5 Å². The summed E-state index contributed by atoms with van der Waals surface area (Å²) in [5.74, 6) is 1.35. The van der Waals surface area contributed by atoms with Crippen LogP contribution in [0.25, 0.3) is 0 Å². The summed E-state index contributed by atoms with van der Waals surface area (Å²) in [6, 6.07) is 5.46. The lowest BCUT2D eigenvalue weighted by Crippen LogP contribution is -2.40. The van der Waals surface area contributed by atoms with Crippen molar-refractivity contribution in [3.05, 3.63) is 23.8 Å². The number of likely N-dealkylation sites (N-methyl/N-ethyl adjacent to an activating group) is 1. The second-order valence-electron chi connectivity index (χ2n) is 7.77. The van der Waals surface area contributed by atoms with E-state index in [1.807, 2.05) is 24.0 Å². The average Bonchev–Trinajstić information content (AvgIpc) is 3.12. The molecule has 1 aliphatic carbocycles. The molecule has 3 rings (SSSR count). The van der Waals surface area contributed by atoms with Gasteiger partial charge in [0.1, 0.15) is 0 Å². The molecule has 2 aliphatic rings. The van der Waals surface area contributed by atoms with E-state index in [-0.39, 0.29) is 17.9 Å². The van der Waals surface area contributed by atoms with E-state index in [1.165, 1.54) is 12.8 Å². The number of amides is 2. The Balaban J connectivity index is 1.61. The van der Waals surface area contributed by atoms with Crippen molar-refractivity contribution < 1.29 is 19.1 Å². The van der Waals surface area contributed by atoms with Gasteiger partial charge in [0, 0.05) is 38.3 Å². The van der Waals surface area contributed by atoms with Crippen LogP contribution in [0.1, 0.15) is 49.4 Å². The van der Waals surface area contributed by atoms with Gasteiger partial charge in [-0.25, -0.2) is 0 Å². The monoisotopic (exact) mass is 403 g/mol. The summed E-state index contributed by atoms with van der Waals surface area (Å²) in [6.45, 7) is 5.76. The maximum Gasteiger partial charge on any atom is 0.254 e. The van der Waals surface area contributed by atoms with Crippen LogP contribution < -0.4 is 14.8 Å². The van der Waals surface area contributed by atoms with Gasteiger partial charge in [0.15, 0.2) is 11.5 Å². The van der Waals surface area contributed by atoms with Gasteiger partial charge in [0.05, 0.1) is 19.8 Å². The highest BCUT2D eigenvalue weighted by Gasteiger charge is 2.23. The number of ether oxygens (including phenoxy) is 2. The molecule has 1 N–H and O–H groups in total. The van der Waals surface area contributed by atoms with Gasteiger partial charge in [-0.15, -0.1) is 0 Å².